The summed E-state index contributed by atoms with van der Waals surface area (Å²) in [5, 5.41) is 0.201. The molecule has 0 heterocycles. The van der Waals surface area contributed by atoms with Gasteiger partial charge in [0.05, 0.1) is 0 Å². The number of rotatable bonds is 10. The van der Waals surface area contributed by atoms with Crippen LogP contribution in [-0.2, 0) is 22.8 Å². The van der Waals surface area contributed by atoms with Crippen molar-refractivity contribution in [2.45, 2.75) is 58.2 Å². The van der Waals surface area contributed by atoms with E-state index in [1.165, 1.54) is 14.2 Å². The third kappa shape index (κ3) is 7.70. The molecule has 0 bridgehead atoms. The van der Waals surface area contributed by atoms with E-state index < -0.39 is 15.9 Å². The summed E-state index contributed by atoms with van der Waals surface area (Å²) in [6, 6.07) is 0. The fraction of sp³-hybridized carbons (Fsp3) is 0.929. The second kappa shape index (κ2) is 8.58. The molecule has 21 heavy (non-hydrogen) atoms. The number of Topliss-reactive ketones (excluding diaryl/α,β-unsaturated/α-hetero) is 1. The lowest BCUT2D eigenvalue weighted by Gasteiger charge is -2.36. The van der Waals surface area contributed by atoms with Crippen LogP contribution in [0.5, 0.6) is 0 Å². The van der Waals surface area contributed by atoms with Gasteiger partial charge < -0.3 is 13.5 Å². The van der Waals surface area contributed by atoms with E-state index in [1.807, 2.05) is 0 Å². The first-order valence-corrected chi connectivity index (χ1v) is 12.0. The fourth-order valence-electron chi connectivity index (χ4n) is 1.47. The maximum atomic E-state index is 11.8. The molecule has 0 aromatic rings. The highest BCUT2D eigenvalue weighted by molar-refractivity contribution is 7.54. The molecule has 0 aromatic carbocycles. The van der Waals surface area contributed by atoms with Crippen molar-refractivity contribution < 1.29 is 22.8 Å². The second-order valence-corrected chi connectivity index (χ2v) is 13.8. The molecule has 0 saturated heterocycles. The Morgan fingerprint density at radius 2 is 1.62 bits per heavy atom. The smallest absolute Gasteiger partial charge is 0.337 e. The van der Waals surface area contributed by atoms with Crippen molar-refractivity contribution in [3.05, 3.63) is 0 Å². The Morgan fingerprint density at radius 1 is 1.10 bits per heavy atom. The van der Waals surface area contributed by atoms with E-state index in [2.05, 4.69) is 33.9 Å². The zero-order chi connectivity index (χ0) is 16.7. The van der Waals surface area contributed by atoms with Crippen LogP contribution in [0.2, 0.25) is 18.1 Å². The third-order valence-electron chi connectivity index (χ3n) is 4.05. The predicted octanol–water partition coefficient (Wildman–Crippen LogP) is 4.23. The lowest BCUT2D eigenvalue weighted by atomic mass is 10.2. The van der Waals surface area contributed by atoms with Gasteiger partial charge in [-0.25, -0.2) is 0 Å². The van der Waals surface area contributed by atoms with Crippen LogP contribution in [0.1, 0.15) is 40.0 Å². The molecule has 0 aliphatic rings. The van der Waals surface area contributed by atoms with Crippen molar-refractivity contribution in [2.75, 3.05) is 27.0 Å². The summed E-state index contributed by atoms with van der Waals surface area (Å²) in [5.41, 5.74) is 0. The van der Waals surface area contributed by atoms with Crippen LogP contribution < -0.4 is 0 Å². The van der Waals surface area contributed by atoms with Gasteiger partial charge in [0.25, 0.3) is 0 Å². The van der Waals surface area contributed by atoms with Crippen molar-refractivity contribution >= 4 is 21.7 Å². The molecule has 0 rings (SSSR count). The Labute approximate surface area is 130 Å². The standard InChI is InChI=1S/C14H31O5PSi/c1-14(2,3)21(6,7)19-11-9-8-10-13(15)12-20(16,17-4)18-5/h8-12H2,1-7H3. The summed E-state index contributed by atoms with van der Waals surface area (Å²) in [4.78, 5) is 11.7. The molecule has 7 heteroatoms. The normalized spacial score (nSPS) is 13.5. The van der Waals surface area contributed by atoms with Gasteiger partial charge in [-0.1, -0.05) is 20.8 Å². The Bertz CT molecular complexity index is 368. The zero-order valence-corrected chi connectivity index (χ0v) is 16.4. The van der Waals surface area contributed by atoms with E-state index in [0.29, 0.717) is 13.0 Å². The molecule has 126 valence electrons. The first-order chi connectivity index (χ1) is 9.47. The Morgan fingerprint density at radius 3 is 2.05 bits per heavy atom. The topological polar surface area (TPSA) is 61.8 Å². The Balaban J connectivity index is 3.97. The minimum absolute atomic E-state index is 0.0886. The summed E-state index contributed by atoms with van der Waals surface area (Å²) >= 11 is 0. The van der Waals surface area contributed by atoms with Gasteiger partial charge in [0.15, 0.2) is 8.32 Å². The van der Waals surface area contributed by atoms with Crippen LogP contribution in [0.3, 0.4) is 0 Å². The first kappa shape index (κ1) is 21.0. The number of hydrogen-bond acceptors (Lipinski definition) is 5. The third-order valence-corrected chi connectivity index (χ3v) is 10.4. The average molecular weight is 338 g/mol. The van der Waals surface area contributed by atoms with E-state index in [0.717, 1.165) is 12.8 Å². The largest absolute Gasteiger partial charge is 0.417 e. The maximum Gasteiger partial charge on any atom is 0.337 e. The summed E-state index contributed by atoms with van der Waals surface area (Å²) in [7, 11) is -2.32. The molecule has 0 aliphatic heterocycles. The number of unbranched alkanes of at least 4 members (excludes halogenated alkanes) is 1. The Hall–Kier alpha value is -0.00312. The van der Waals surface area contributed by atoms with Crippen molar-refractivity contribution in [2.24, 2.45) is 0 Å². The van der Waals surface area contributed by atoms with Gasteiger partial charge in [-0.2, -0.15) is 0 Å². The SMILES string of the molecule is COP(=O)(CC(=O)CCCCO[Si](C)(C)C(C)(C)C)OC. The number of hydrogen-bond donors (Lipinski definition) is 0. The molecule has 5 nitrogen and oxygen atoms in total. The van der Waals surface area contributed by atoms with Crippen LogP contribution in [0.25, 0.3) is 0 Å². The molecule has 0 aromatic heterocycles. The van der Waals surface area contributed by atoms with E-state index in [9.17, 15) is 9.36 Å². The van der Waals surface area contributed by atoms with Gasteiger partial charge in [-0.05, 0) is 31.0 Å². The molecule has 0 N–H and O–H groups in total. The zero-order valence-electron chi connectivity index (χ0n) is 14.5. The van der Waals surface area contributed by atoms with Crippen LogP contribution in [-0.4, -0.2) is 41.1 Å². The highest BCUT2D eigenvalue weighted by Crippen LogP contribution is 2.46. The minimum Gasteiger partial charge on any atom is -0.417 e. The van der Waals surface area contributed by atoms with Crippen LogP contribution >= 0.6 is 7.60 Å². The second-order valence-electron chi connectivity index (χ2n) is 6.74. The van der Waals surface area contributed by atoms with Crippen LogP contribution in [0.4, 0.5) is 0 Å². The van der Waals surface area contributed by atoms with Gasteiger partial charge in [-0.3, -0.25) is 9.36 Å². The number of carbonyl (C=O) groups is 1. The van der Waals surface area contributed by atoms with E-state index in [-0.39, 0.29) is 17.0 Å². The van der Waals surface area contributed by atoms with E-state index in [4.69, 9.17) is 13.5 Å². The van der Waals surface area contributed by atoms with E-state index >= 15 is 0 Å². The maximum absolute atomic E-state index is 11.8. The Kier molecular flexibility index (Phi) is 8.58. The molecule has 0 saturated carbocycles. The van der Waals surface area contributed by atoms with Gasteiger partial charge in [0.2, 0.25) is 0 Å². The monoisotopic (exact) mass is 338 g/mol. The molecular formula is C14H31O5PSi. The summed E-state index contributed by atoms with van der Waals surface area (Å²) in [6.45, 7) is 11.7. The molecule has 0 amide bonds. The fourth-order valence-corrected chi connectivity index (χ4v) is 3.55. The van der Waals surface area contributed by atoms with Crippen LogP contribution in [0.15, 0.2) is 0 Å². The lowest BCUT2D eigenvalue weighted by Crippen LogP contribution is -2.40. The van der Waals surface area contributed by atoms with Gasteiger partial charge in [0.1, 0.15) is 11.9 Å². The highest BCUT2D eigenvalue weighted by atomic mass is 31.2. The van der Waals surface area contributed by atoms with Gasteiger partial charge >= 0.3 is 7.60 Å². The van der Waals surface area contributed by atoms with Crippen molar-refractivity contribution in [1.82, 2.24) is 0 Å². The average Bonchev–Trinajstić information content (AvgIpc) is 2.36. The van der Waals surface area contributed by atoms with Crippen molar-refractivity contribution in [3.8, 4) is 0 Å². The van der Waals surface area contributed by atoms with Crippen molar-refractivity contribution in [1.29, 1.82) is 0 Å². The lowest BCUT2D eigenvalue weighted by molar-refractivity contribution is -0.117. The van der Waals surface area contributed by atoms with Gasteiger partial charge in [-0.15, -0.1) is 0 Å². The molecule has 0 fully saturated rings. The summed E-state index contributed by atoms with van der Waals surface area (Å²) in [5.74, 6) is -0.0886. The number of carbonyl (C=O) groups excluding carboxylic acids is 1. The number of ketones is 1. The quantitative estimate of drug-likeness (QED) is 0.339. The van der Waals surface area contributed by atoms with Crippen molar-refractivity contribution in [3.63, 3.8) is 0 Å². The first-order valence-electron chi connectivity index (χ1n) is 7.33. The van der Waals surface area contributed by atoms with Crippen LogP contribution in [0, 0.1) is 0 Å². The molecule has 0 spiro atoms. The van der Waals surface area contributed by atoms with E-state index in [1.54, 1.807) is 0 Å². The predicted molar refractivity (Wildman–Crippen MR) is 88.5 cm³/mol. The summed E-state index contributed by atoms with van der Waals surface area (Å²) < 4.78 is 27.4. The highest BCUT2D eigenvalue weighted by Gasteiger charge is 2.36. The molecule has 0 aliphatic carbocycles. The molecule has 0 radical (unpaired) electrons. The van der Waals surface area contributed by atoms with Gasteiger partial charge in [0, 0.05) is 27.2 Å². The molecule has 0 atom stereocenters. The summed E-state index contributed by atoms with van der Waals surface area (Å²) in [6.07, 6.45) is 1.81. The molecular weight excluding hydrogens is 307 g/mol. The molecule has 0 unspecified atom stereocenters. The minimum atomic E-state index is -3.22.